The van der Waals surface area contributed by atoms with Crippen LogP contribution in [0.5, 0.6) is 0 Å². The lowest BCUT2D eigenvalue weighted by Crippen LogP contribution is -2.61. The molecule has 1 saturated carbocycles. The highest BCUT2D eigenvalue weighted by atomic mass is 16.6. The van der Waals surface area contributed by atoms with Gasteiger partial charge in [0.2, 0.25) is 5.79 Å². The molecule has 1 aliphatic carbocycles. The van der Waals surface area contributed by atoms with Crippen LogP contribution in [-0.2, 0) is 52.4 Å². The van der Waals surface area contributed by atoms with E-state index < -0.39 is 83.9 Å². The minimum atomic E-state index is -2.46. The Labute approximate surface area is 405 Å². The number of carbonyl (C=O) groups excluding carboxylic acids is 5. The number of esters is 1. The highest BCUT2D eigenvalue weighted by Crippen LogP contribution is 2.38. The van der Waals surface area contributed by atoms with Crippen molar-refractivity contribution in [3.63, 3.8) is 0 Å². The van der Waals surface area contributed by atoms with E-state index in [0.29, 0.717) is 63.5 Å². The van der Waals surface area contributed by atoms with Gasteiger partial charge in [-0.25, -0.2) is 4.79 Å². The van der Waals surface area contributed by atoms with E-state index in [9.17, 15) is 39.3 Å². The van der Waals surface area contributed by atoms with Gasteiger partial charge in [-0.15, -0.1) is 0 Å². The summed E-state index contributed by atoms with van der Waals surface area (Å²) in [5.41, 5.74) is 1.24. The van der Waals surface area contributed by atoms with Crippen molar-refractivity contribution >= 4 is 29.2 Å². The van der Waals surface area contributed by atoms with Crippen molar-refractivity contribution in [1.82, 2.24) is 4.90 Å². The van der Waals surface area contributed by atoms with E-state index >= 15 is 0 Å². The number of ether oxygens (including phenoxy) is 6. The molecular weight excluding hydrogens is 875 g/mol. The number of rotatable bonds is 9. The molecule has 3 heterocycles. The number of piperidine rings is 1. The number of hydrogen-bond acceptors (Lipinski definition) is 14. The molecule has 2 saturated heterocycles. The van der Waals surface area contributed by atoms with Gasteiger partial charge in [-0.1, -0.05) is 71.1 Å². The fraction of sp³-hybridized carbons (Fsp3) is 0.755. The minimum Gasteiger partial charge on any atom is -0.460 e. The number of fused-ring (bicyclic) bond motifs is 3. The maximum Gasteiger partial charge on any atom is 0.329 e. The van der Waals surface area contributed by atoms with Crippen LogP contribution in [0.2, 0.25) is 0 Å². The van der Waals surface area contributed by atoms with E-state index in [1.54, 1.807) is 41.1 Å². The molecule has 68 heavy (non-hydrogen) atoms. The largest absolute Gasteiger partial charge is 0.460 e. The highest BCUT2D eigenvalue weighted by molar-refractivity contribution is 6.39. The molecule has 0 aromatic rings. The van der Waals surface area contributed by atoms with E-state index in [2.05, 4.69) is 0 Å². The molecule has 4 aliphatic rings. The summed E-state index contributed by atoms with van der Waals surface area (Å²) < 4.78 is 35.1. The maximum atomic E-state index is 14.4. The second-order valence-corrected chi connectivity index (χ2v) is 20.2. The van der Waals surface area contributed by atoms with Crippen molar-refractivity contribution in [3.8, 4) is 0 Å². The van der Waals surface area contributed by atoms with Crippen LogP contribution in [0.1, 0.15) is 126 Å². The molecule has 3 fully saturated rings. The molecule has 15 nitrogen and oxygen atoms in total. The van der Waals surface area contributed by atoms with E-state index in [0.717, 1.165) is 12.0 Å². The molecule has 15 heteroatoms. The Balaban J connectivity index is 1.72. The second-order valence-electron chi connectivity index (χ2n) is 20.2. The molecule has 0 aromatic carbocycles. The molecule has 0 radical (unpaired) electrons. The van der Waals surface area contributed by atoms with Crippen LogP contribution in [0.25, 0.3) is 0 Å². The van der Waals surface area contributed by atoms with Gasteiger partial charge in [-0.3, -0.25) is 19.2 Å². The Morgan fingerprint density at radius 2 is 1.59 bits per heavy atom. The molecule has 15 atom stereocenters. The average Bonchev–Trinajstić information content (AvgIpc) is 3.31. The zero-order valence-corrected chi connectivity index (χ0v) is 42.4. The van der Waals surface area contributed by atoms with Crippen LogP contribution in [0.3, 0.4) is 0 Å². The van der Waals surface area contributed by atoms with E-state index in [1.807, 2.05) is 58.1 Å². The summed E-state index contributed by atoms with van der Waals surface area (Å²) in [6.07, 6.45) is 10.9. The van der Waals surface area contributed by atoms with Gasteiger partial charge in [0.25, 0.3) is 11.7 Å². The van der Waals surface area contributed by atoms with E-state index in [-0.39, 0.29) is 67.8 Å². The summed E-state index contributed by atoms with van der Waals surface area (Å²) in [4.78, 5) is 72.2. The third-order valence-corrected chi connectivity index (χ3v) is 14.8. The normalized spacial score (nSPS) is 39.2. The fourth-order valence-electron chi connectivity index (χ4n) is 10.3. The predicted molar refractivity (Wildman–Crippen MR) is 256 cm³/mol. The summed E-state index contributed by atoms with van der Waals surface area (Å²) >= 11 is 0. The van der Waals surface area contributed by atoms with Crippen molar-refractivity contribution in [2.45, 2.75) is 180 Å². The van der Waals surface area contributed by atoms with Crippen LogP contribution in [-0.4, -0.2) is 145 Å². The average molecular weight is 958 g/mol. The number of cyclic esters (lactones) is 1. The fourth-order valence-corrected chi connectivity index (χ4v) is 10.3. The zero-order valence-electron chi connectivity index (χ0n) is 42.4. The Bertz CT molecular complexity index is 1810. The van der Waals surface area contributed by atoms with Crippen molar-refractivity contribution < 1.29 is 67.7 Å². The molecule has 4 rings (SSSR count). The van der Waals surface area contributed by atoms with Gasteiger partial charge in [0.05, 0.1) is 37.6 Å². The topological polar surface area (TPSA) is 205 Å². The first-order valence-electron chi connectivity index (χ1n) is 25.0. The van der Waals surface area contributed by atoms with Crippen molar-refractivity contribution in [2.75, 3.05) is 41.1 Å². The number of aliphatic hydroxyl groups excluding tert-OH is 2. The molecule has 3 N–H and O–H groups in total. The lowest BCUT2D eigenvalue weighted by atomic mass is 9.78. The van der Waals surface area contributed by atoms with Crippen LogP contribution in [0.15, 0.2) is 47.6 Å². The first-order chi connectivity index (χ1) is 32.2. The Hall–Kier alpha value is -3.41. The van der Waals surface area contributed by atoms with Gasteiger partial charge in [-0.05, 0) is 107 Å². The smallest absolute Gasteiger partial charge is 0.329 e. The van der Waals surface area contributed by atoms with E-state index in [4.69, 9.17) is 28.4 Å². The predicted octanol–water partition coefficient (Wildman–Crippen LogP) is 6.20. The molecule has 0 aromatic heterocycles. The lowest BCUT2D eigenvalue weighted by molar-refractivity contribution is -0.266. The van der Waals surface area contributed by atoms with Crippen LogP contribution >= 0.6 is 0 Å². The molecular formula is C53H83NO14. The standard InChI is InChI=1S/C53H83NO14/c1-32-16-12-11-13-17-33(2)44(66-25-24-63-8)30-40-21-19-38(7)53(62,68-40)50(59)51(60)54-23-15-14-18-41(54)52(61)67-45(35(4)28-39-20-22-42(55)46(29-39)64-9)31-43(56)34(3)27-37(6)48(58)49(65-10)47(57)36(5)26-32/h11-13,16-17,27,32,34-36,38-42,44-46,48-49,55,58,62H,14-15,18-26,28-31H2,1-10H3/b13-11+,16-12+,33-17+,37-27+/t32-,34-,35?,36-,38-,39+,40+,41+,42-,44-,45+,46-,48-,49+,53-/m1/s1. The minimum absolute atomic E-state index is 0.00394. The third-order valence-electron chi connectivity index (χ3n) is 14.8. The van der Waals surface area contributed by atoms with Crippen molar-refractivity contribution in [2.24, 2.45) is 35.5 Å². The van der Waals surface area contributed by atoms with Gasteiger partial charge < -0.3 is 48.6 Å². The van der Waals surface area contributed by atoms with Crippen molar-refractivity contribution in [1.29, 1.82) is 0 Å². The summed E-state index contributed by atoms with van der Waals surface area (Å²) in [5.74, 6) is -8.09. The number of amides is 1. The highest BCUT2D eigenvalue weighted by Gasteiger charge is 2.53. The number of nitrogens with zero attached hydrogens (tertiary/aromatic N) is 1. The monoisotopic (exact) mass is 958 g/mol. The van der Waals surface area contributed by atoms with Crippen LogP contribution in [0.4, 0.5) is 0 Å². The summed E-state index contributed by atoms with van der Waals surface area (Å²) in [6.45, 7) is 13.4. The summed E-state index contributed by atoms with van der Waals surface area (Å²) in [5, 5.41) is 34.0. The Morgan fingerprint density at radius 3 is 2.28 bits per heavy atom. The number of hydrogen-bond donors (Lipinski definition) is 3. The summed E-state index contributed by atoms with van der Waals surface area (Å²) in [7, 11) is 4.52. The van der Waals surface area contributed by atoms with Gasteiger partial charge >= 0.3 is 5.97 Å². The number of aliphatic hydroxyl groups is 3. The van der Waals surface area contributed by atoms with Crippen molar-refractivity contribution in [3.05, 3.63) is 47.6 Å². The quantitative estimate of drug-likeness (QED) is 0.102. The van der Waals surface area contributed by atoms with Gasteiger partial charge in [0, 0.05) is 58.5 Å². The molecule has 384 valence electrons. The number of ketones is 3. The number of Topliss-reactive ketones (excluding diaryl/α,β-unsaturated/α-hetero) is 3. The van der Waals surface area contributed by atoms with Gasteiger partial charge in [0.15, 0.2) is 5.78 Å². The maximum absolute atomic E-state index is 14.4. The molecule has 1 amide bonds. The molecule has 2 bridgehead atoms. The zero-order chi connectivity index (χ0) is 50.3. The van der Waals surface area contributed by atoms with E-state index in [1.165, 1.54) is 12.0 Å². The van der Waals surface area contributed by atoms with Gasteiger partial charge in [0.1, 0.15) is 30.1 Å². The Morgan fingerprint density at radius 1 is 0.853 bits per heavy atom. The second kappa shape index (κ2) is 27.3. The van der Waals surface area contributed by atoms with Crippen LogP contribution in [0, 0.1) is 35.5 Å². The Kier molecular flexibility index (Phi) is 22.9. The number of allylic oxidation sites excluding steroid dienone is 6. The first-order valence-corrected chi connectivity index (χ1v) is 25.0. The molecule has 1 unspecified atom stereocenters. The third kappa shape index (κ3) is 15.5. The summed E-state index contributed by atoms with van der Waals surface area (Å²) in [6, 6.07) is -1.15. The number of methoxy groups -OCH3 is 3. The molecule has 3 aliphatic heterocycles. The van der Waals surface area contributed by atoms with Gasteiger partial charge in [-0.2, -0.15) is 0 Å². The number of carbonyl (C=O) groups is 5. The molecule has 0 spiro atoms. The lowest BCUT2D eigenvalue weighted by Gasteiger charge is -2.43. The van der Waals surface area contributed by atoms with Crippen LogP contribution < -0.4 is 0 Å². The SMILES string of the molecule is COCCO[C@@H]1C[C@@H]2CC[C@@H](C)[C@@](O)(O2)C(=O)C(=O)N2CCCC[C@H]2C(=O)O[C@H](C(C)C[C@@H]2CC[C@@H](O)[C@H](OC)C2)CC(=O)[C@H](C)/C=C(\C)[C@@H](O)[C@@H](OC)C(=O)[C@H](C)C[C@H](C)/C=C/C=C/C=C/1C. The first kappa shape index (κ1) is 57.2.